The molecule has 0 saturated heterocycles. The van der Waals surface area contributed by atoms with Gasteiger partial charge < -0.3 is 0 Å². The average molecular weight is 172 g/mol. The molecule has 1 rings (SSSR count). The molecule has 0 heteroatoms. The molecule has 0 aromatic heterocycles. The summed E-state index contributed by atoms with van der Waals surface area (Å²) in [5, 5.41) is 0. The Labute approximate surface area is 80.6 Å². The molecule has 0 bridgehead atoms. The van der Waals surface area contributed by atoms with Crippen LogP contribution in [0.5, 0.6) is 0 Å². The molecule has 0 amide bonds. The molecule has 0 fully saturated rings. The molecular formula is C13H16. The van der Waals surface area contributed by atoms with Gasteiger partial charge in [-0.15, -0.1) is 0 Å². The Kier molecular flexibility index (Phi) is 4.04. The van der Waals surface area contributed by atoms with Crippen LogP contribution in [0, 0.1) is 0 Å². The van der Waals surface area contributed by atoms with Crippen LogP contribution >= 0.6 is 0 Å². The first-order chi connectivity index (χ1) is 6.38. The third-order valence-electron chi connectivity index (χ3n) is 1.95. The molecule has 0 unspecified atom stereocenters. The number of hydrogen-bond donors (Lipinski definition) is 0. The topological polar surface area (TPSA) is 0 Å². The molecule has 13 heavy (non-hydrogen) atoms. The van der Waals surface area contributed by atoms with Crippen molar-refractivity contribution in [1.29, 1.82) is 0 Å². The van der Waals surface area contributed by atoms with E-state index in [0.29, 0.717) is 0 Å². The predicted molar refractivity (Wildman–Crippen MR) is 59.5 cm³/mol. The summed E-state index contributed by atoms with van der Waals surface area (Å²) in [6.07, 6.45) is 7.59. The Morgan fingerprint density at radius 2 is 1.92 bits per heavy atom. The van der Waals surface area contributed by atoms with E-state index in [1.807, 2.05) is 6.07 Å². The maximum atomic E-state index is 2.18. The van der Waals surface area contributed by atoms with Gasteiger partial charge in [-0.1, -0.05) is 55.5 Å². The molecule has 0 aliphatic rings. The highest BCUT2D eigenvalue weighted by molar-refractivity contribution is 5.73. The molecule has 1 aromatic carbocycles. The standard InChI is InChI=1S/C13H16/c1-3-5-9-12(4-2)13-10-7-6-8-11-13/h4-11H,3H2,1-2H3/b9-5-,12-4+. The Hall–Kier alpha value is -1.30. The molecule has 0 N–H and O–H groups in total. The lowest BCUT2D eigenvalue weighted by Crippen LogP contribution is -1.78. The summed E-state index contributed by atoms with van der Waals surface area (Å²) in [6, 6.07) is 10.4. The number of rotatable bonds is 3. The van der Waals surface area contributed by atoms with Crippen LogP contribution in [0.25, 0.3) is 5.57 Å². The van der Waals surface area contributed by atoms with Crippen molar-refractivity contribution < 1.29 is 0 Å². The molecule has 0 heterocycles. The quantitative estimate of drug-likeness (QED) is 0.603. The van der Waals surface area contributed by atoms with Gasteiger partial charge in [-0.3, -0.25) is 0 Å². The SMILES string of the molecule is C/C=C(\C=C/CC)c1ccccc1. The molecule has 0 spiro atoms. The molecule has 0 atom stereocenters. The fourth-order valence-electron chi connectivity index (χ4n) is 1.23. The predicted octanol–water partition coefficient (Wildman–Crippen LogP) is 4.06. The monoisotopic (exact) mass is 172 g/mol. The van der Waals surface area contributed by atoms with E-state index >= 15 is 0 Å². The lowest BCUT2D eigenvalue weighted by atomic mass is 10.1. The van der Waals surface area contributed by atoms with Crippen LogP contribution in [0.3, 0.4) is 0 Å². The van der Waals surface area contributed by atoms with Crippen LogP contribution in [-0.4, -0.2) is 0 Å². The molecule has 68 valence electrons. The van der Waals surface area contributed by atoms with Gasteiger partial charge in [0.05, 0.1) is 0 Å². The largest absolute Gasteiger partial charge is 0.0842 e. The zero-order valence-electron chi connectivity index (χ0n) is 8.33. The lowest BCUT2D eigenvalue weighted by Gasteiger charge is -2.00. The summed E-state index contributed by atoms with van der Waals surface area (Å²) in [5.41, 5.74) is 2.58. The van der Waals surface area contributed by atoms with Crippen molar-refractivity contribution in [3.8, 4) is 0 Å². The highest BCUT2D eigenvalue weighted by atomic mass is 14.0. The lowest BCUT2D eigenvalue weighted by molar-refractivity contribution is 1.22. The fourth-order valence-corrected chi connectivity index (χ4v) is 1.23. The second kappa shape index (κ2) is 5.36. The number of benzene rings is 1. The van der Waals surface area contributed by atoms with E-state index in [0.717, 1.165) is 6.42 Å². The first kappa shape index (κ1) is 9.79. The summed E-state index contributed by atoms with van der Waals surface area (Å²) in [7, 11) is 0. The summed E-state index contributed by atoms with van der Waals surface area (Å²) in [4.78, 5) is 0. The Bertz CT molecular complexity index is 291. The maximum Gasteiger partial charge on any atom is -0.0187 e. The van der Waals surface area contributed by atoms with E-state index in [1.54, 1.807) is 0 Å². The van der Waals surface area contributed by atoms with Crippen LogP contribution in [0.4, 0.5) is 0 Å². The van der Waals surface area contributed by atoms with Crippen LogP contribution in [0.2, 0.25) is 0 Å². The van der Waals surface area contributed by atoms with Crippen molar-refractivity contribution in [2.24, 2.45) is 0 Å². The maximum absolute atomic E-state index is 2.18. The molecule has 0 saturated carbocycles. The zero-order chi connectivity index (χ0) is 9.52. The first-order valence-electron chi connectivity index (χ1n) is 4.76. The Morgan fingerprint density at radius 3 is 2.46 bits per heavy atom. The number of allylic oxidation sites excluding steroid dienone is 4. The first-order valence-corrected chi connectivity index (χ1v) is 4.76. The van der Waals surface area contributed by atoms with Gasteiger partial charge in [0, 0.05) is 0 Å². The van der Waals surface area contributed by atoms with Gasteiger partial charge in [-0.05, 0) is 24.5 Å². The van der Waals surface area contributed by atoms with Crippen molar-refractivity contribution in [3.05, 3.63) is 54.1 Å². The molecule has 0 radical (unpaired) electrons. The minimum absolute atomic E-state index is 1.09. The second-order valence-corrected chi connectivity index (χ2v) is 2.92. The van der Waals surface area contributed by atoms with Gasteiger partial charge in [0.15, 0.2) is 0 Å². The molecule has 0 aliphatic heterocycles. The van der Waals surface area contributed by atoms with Gasteiger partial charge >= 0.3 is 0 Å². The van der Waals surface area contributed by atoms with Crippen LogP contribution in [0.15, 0.2) is 48.6 Å². The van der Waals surface area contributed by atoms with E-state index in [4.69, 9.17) is 0 Å². The van der Waals surface area contributed by atoms with Crippen LogP contribution < -0.4 is 0 Å². The van der Waals surface area contributed by atoms with Crippen molar-refractivity contribution in [2.45, 2.75) is 20.3 Å². The third-order valence-corrected chi connectivity index (χ3v) is 1.95. The molecule has 0 nitrogen and oxygen atoms in total. The molecule has 1 aromatic rings. The van der Waals surface area contributed by atoms with Crippen molar-refractivity contribution in [1.82, 2.24) is 0 Å². The summed E-state index contributed by atoms with van der Waals surface area (Å²) >= 11 is 0. The van der Waals surface area contributed by atoms with E-state index < -0.39 is 0 Å². The van der Waals surface area contributed by atoms with Gasteiger partial charge in [0.1, 0.15) is 0 Å². The highest BCUT2D eigenvalue weighted by Gasteiger charge is 1.92. The van der Waals surface area contributed by atoms with E-state index in [1.165, 1.54) is 11.1 Å². The van der Waals surface area contributed by atoms with E-state index in [2.05, 4.69) is 56.3 Å². The van der Waals surface area contributed by atoms with Crippen molar-refractivity contribution in [3.63, 3.8) is 0 Å². The Morgan fingerprint density at radius 1 is 1.23 bits per heavy atom. The average Bonchev–Trinajstić information content (AvgIpc) is 2.21. The van der Waals surface area contributed by atoms with Crippen molar-refractivity contribution >= 4 is 5.57 Å². The fraction of sp³-hybridized carbons (Fsp3) is 0.231. The minimum atomic E-state index is 1.09. The van der Waals surface area contributed by atoms with Crippen LogP contribution in [0.1, 0.15) is 25.8 Å². The second-order valence-electron chi connectivity index (χ2n) is 2.92. The normalized spacial score (nSPS) is 12.3. The van der Waals surface area contributed by atoms with Crippen molar-refractivity contribution in [2.75, 3.05) is 0 Å². The van der Waals surface area contributed by atoms with Gasteiger partial charge in [-0.2, -0.15) is 0 Å². The molecule has 0 aliphatic carbocycles. The summed E-state index contributed by atoms with van der Waals surface area (Å²) in [5.74, 6) is 0. The van der Waals surface area contributed by atoms with Gasteiger partial charge in [-0.25, -0.2) is 0 Å². The Balaban J connectivity index is 2.87. The highest BCUT2D eigenvalue weighted by Crippen LogP contribution is 2.14. The van der Waals surface area contributed by atoms with Crippen LogP contribution in [-0.2, 0) is 0 Å². The minimum Gasteiger partial charge on any atom is -0.0842 e. The van der Waals surface area contributed by atoms with E-state index in [9.17, 15) is 0 Å². The smallest absolute Gasteiger partial charge is 0.0187 e. The van der Waals surface area contributed by atoms with Gasteiger partial charge in [0.2, 0.25) is 0 Å². The molecular weight excluding hydrogens is 156 g/mol. The van der Waals surface area contributed by atoms with Gasteiger partial charge in [0.25, 0.3) is 0 Å². The van der Waals surface area contributed by atoms with E-state index in [-0.39, 0.29) is 0 Å². The third kappa shape index (κ3) is 2.90. The summed E-state index contributed by atoms with van der Waals surface area (Å²) in [6.45, 7) is 4.22. The zero-order valence-corrected chi connectivity index (χ0v) is 8.33. The summed E-state index contributed by atoms with van der Waals surface area (Å²) < 4.78 is 0. The number of hydrogen-bond acceptors (Lipinski definition) is 0.